The summed E-state index contributed by atoms with van der Waals surface area (Å²) in [5, 5.41) is 0.606. The van der Waals surface area contributed by atoms with Crippen LogP contribution < -0.4 is 5.56 Å². The molecule has 0 aliphatic heterocycles. The topological polar surface area (TPSA) is 45.8 Å². The van der Waals surface area contributed by atoms with E-state index in [0.29, 0.717) is 5.25 Å². The second-order valence-corrected chi connectivity index (χ2v) is 6.56. The van der Waals surface area contributed by atoms with Crippen molar-refractivity contribution in [3.8, 4) is 0 Å². The van der Waals surface area contributed by atoms with Crippen molar-refractivity contribution >= 4 is 34.4 Å². The second kappa shape index (κ2) is 7.41. The zero-order valence-corrected chi connectivity index (χ0v) is 13.5. The fourth-order valence-corrected chi connectivity index (χ4v) is 2.71. The third-order valence-electron chi connectivity index (χ3n) is 2.55. The van der Waals surface area contributed by atoms with Gasteiger partial charge in [0.05, 0.1) is 15.0 Å². The molecule has 0 fully saturated rings. The van der Waals surface area contributed by atoms with Crippen LogP contribution in [0.25, 0.3) is 0 Å². The maximum absolute atomic E-state index is 11.7. The molecule has 0 spiro atoms. The van der Waals surface area contributed by atoms with Crippen molar-refractivity contribution in [2.45, 2.75) is 51.0 Å². The minimum absolute atomic E-state index is 0.00352. The third kappa shape index (κ3) is 4.62. The molecule has 1 aromatic heterocycles. The first-order chi connectivity index (χ1) is 8.08. The van der Waals surface area contributed by atoms with Crippen LogP contribution in [-0.4, -0.2) is 15.2 Å². The van der Waals surface area contributed by atoms with Crippen LogP contribution in [0.15, 0.2) is 4.79 Å². The number of hydrogen-bond acceptors (Lipinski definition) is 3. The average Bonchev–Trinajstić information content (AvgIpc) is 2.32. The van der Waals surface area contributed by atoms with Gasteiger partial charge in [-0.25, -0.2) is 4.98 Å². The van der Waals surface area contributed by atoms with Crippen LogP contribution in [0.4, 0.5) is 0 Å². The predicted molar refractivity (Wildman–Crippen MR) is 82.6 cm³/mol. The monoisotopic (exact) mass is 366 g/mol. The van der Waals surface area contributed by atoms with Crippen LogP contribution in [0, 0.1) is 3.57 Å². The molecule has 3 nitrogen and oxygen atoms in total. The van der Waals surface area contributed by atoms with E-state index in [0.717, 1.165) is 40.1 Å². The fraction of sp³-hybridized carbons (Fsp3) is 0.667. The van der Waals surface area contributed by atoms with Gasteiger partial charge in [0.25, 0.3) is 5.56 Å². The highest BCUT2D eigenvalue weighted by molar-refractivity contribution is 14.1. The number of thioether (sulfide) groups is 1. The SMILES string of the molecule is CCCc1nc(CSC(C)CC)[nH]c(=O)c1I. The Bertz CT molecular complexity index is 419. The molecular weight excluding hydrogens is 347 g/mol. The summed E-state index contributed by atoms with van der Waals surface area (Å²) in [7, 11) is 0. The quantitative estimate of drug-likeness (QED) is 0.786. The second-order valence-electron chi connectivity index (χ2n) is 4.05. The Morgan fingerprint density at radius 2 is 2.18 bits per heavy atom. The fourth-order valence-electron chi connectivity index (χ4n) is 1.37. The van der Waals surface area contributed by atoms with Gasteiger partial charge in [0.15, 0.2) is 0 Å². The van der Waals surface area contributed by atoms with Crippen LogP contribution >= 0.6 is 34.4 Å². The van der Waals surface area contributed by atoms with E-state index >= 15 is 0 Å². The minimum Gasteiger partial charge on any atom is -0.309 e. The lowest BCUT2D eigenvalue weighted by Gasteiger charge is -2.09. The van der Waals surface area contributed by atoms with E-state index < -0.39 is 0 Å². The van der Waals surface area contributed by atoms with Crippen LogP contribution in [0.1, 0.15) is 45.1 Å². The number of halogens is 1. The van der Waals surface area contributed by atoms with Gasteiger partial charge >= 0.3 is 0 Å². The summed E-state index contributed by atoms with van der Waals surface area (Å²) in [5.41, 5.74) is 0.945. The van der Waals surface area contributed by atoms with E-state index in [4.69, 9.17) is 0 Å². The van der Waals surface area contributed by atoms with Crippen molar-refractivity contribution in [2.24, 2.45) is 0 Å². The molecule has 1 unspecified atom stereocenters. The van der Waals surface area contributed by atoms with Crippen molar-refractivity contribution in [3.63, 3.8) is 0 Å². The molecule has 0 aliphatic carbocycles. The molecule has 96 valence electrons. The van der Waals surface area contributed by atoms with E-state index in [1.54, 1.807) is 0 Å². The van der Waals surface area contributed by atoms with Crippen LogP contribution in [0.2, 0.25) is 0 Å². The molecule has 1 atom stereocenters. The molecule has 1 aromatic rings. The van der Waals surface area contributed by atoms with Crippen molar-refractivity contribution in [1.29, 1.82) is 0 Å². The summed E-state index contributed by atoms with van der Waals surface area (Å²) in [6.07, 6.45) is 3.04. The smallest absolute Gasteiger partial charge is 0.264 e. The highest BCUT2D eigenvalue weighted by atomic mass is 127. The summed E-state index contributed by atoms with van der Waals surface area (Å²) in [4.78, 5) is 19.1. The molecule has 0 aliphatic rings. The Morgan fingerprint density at radius 3 is 2.76 bits per heavy atom. The van der Waals surface area contributed by atoms with Gasteiger partial charge in [0.2, 0.25) is 0 Å². The molecule has 1 rings (SSSR count). The van der Waals surface area contributed by atoms with Crippen LogP contribution in [0.3, 0.4) is 0 Å². The van der Waals surface area contributed by atoms with E-state index in [9.17, 15) is 4.79 Å². The molecule has 0 radical (unpaired) electrons. The molecule has 0 saturated carbocycles. The largest absolute Gasteiger partial charge is 0.309 e. The van der Waals surface area contributed by atoms with E-state index in [2.05, 4.69) is 53.3 Å². The Labute approximate surface area is 120 Å². The molecule has 17 heavy (non-hydrogen) atoms. The van der Waals surface area contributed by atoms with Gasteiger partial charge in [-0.15, -0.1) is 0 Å². The van der Waals surface area contributed by atoms with Gasteiger partial charge in [0, 0.05) is 5.25 Å². The first kappa shape index (κ1) is 15.0. The summed E-state index contributed by atoms with van der Waals surface area (Å²) in [6, 6.07) is 0. The maximum Gasteiger partial charge on any atom is 0.264 e. The van der Waals surface area contributed by atoms with E-state index in [-0.39, 0.29) is 5.56 Å². The van der Waals surface area contributed by atoms with Crippen molar-refractivity contribution < 1.29 is 0 Å². The predicted octanol–water partition coefficient (Wildman–Crippen LogP) is 3.36. The highest BCUT2D eigenvalue weighted by Gasteiger charge is 2.09. The lowest BCUT2D eigenvalue weighted by molar-refractivity contribution is 0.832. The van der Waals surface area contributed by atoms with E-state index in [1.807, 2.05) is 11.8 Å². The lowest BCUT2D eigenvalue weighted by atomic mass is 10.2. The Balaban J connectivity index is 2.83. The molecule has 1 heterocycles. The zero-order valence-electron chi connectivity index (χ0n) is 10.5. The number of nitrogens with zero attached hydrogens (tertiary/aromatic N) is 1. The number of aromatic nitrogens is 2. The number of aryl methyl sites for hydroxylation is 1. The number of rotatable bonds is 6. The van der Waals surface area contributed by atoms with Gasteiger partial charge < -0.3 is 4.98 Å². The maximum atomic E-state index is 11.7. The summed E-state index contributed by atoms with van der Waals surface area (Å²) in [5.74, 6) is 1.60. The lowest BCUT2D eigenvalue weighted by Crippen LogP contribution is -2.18. The molecular formula is C12H19IN2OS. The zero-order chi connectivity index (χ0) is 12.8. The Hall–Kier alpha value is -0.0400. The van der Waals surface area contributed by atoms with Crippen LogP contribution in [0.5, 0.6) is 0 Å². The van der Waals surface area contributed by atoms with Crippen LogP contribution in [-0.2, 0) is 12.2 Å². The van der Waals surface area contributed by atoms with Gasteiger partial charge in [-0.2, -0.15) is 11.8 Å². The molecule has 0 bridgehead atoms. The summed E-state index contributed by atoms with van der Waals surface area (Å²) in [6.45, 7) is 6.47. The number of nitrogens with one attached hydrogen (secondary N) is 1. The number of H-pyrrole nitrogens is 1. The van der Waals surface area contributed by atoms with Gasteiger partial charge in [-0.05, 0) is 35.4 Å². The number of aromatic amines is 1. The highest BCUT2D eigenvalue weighted by Crippen LogP contribution is 2.18. The standard InChI is InChI=1S/C12H19IN2OS/c1-4-6-9-11(13)12(16)15-10(14-9)7-17-8(3)5-2/h8H,4-7H2,1-3H3,(H,14,15,16). The average molecular weight is 366 g/mol. The van der Waals surface area contributed by atoms with Gasteiger partial charge in [-0.1, -0.05) is 27.2 Å². The van der Waals surface area contributed by atoms with Gasteiger partial charge in [0.1, 0.15) is 5.82 Å². The van der Waals surface area contributed by atoms with Crippen molar-refractivity contribution in [2.75, 3.05) is 0 Å². The van der Waals surface area contributed by atoms with Crippen molar-refractivity contribution in [3.05, 3.63) is 25.4 Å². The van der Waals surface area contributed by atoms with E-state index in [1.165, 1.54) is 0 Å². The third-order valence-corrected chi connectivity index (χ3v) is 5.00. The molecule has 1 N–H and O–H groups in total. The summed E-state index contributed by atoms with van der Waals surface area (Å²) < 4.78 is 0.738. The Kier molecular flexibility index (Phi) is 6.54. The molecule has 5 heteroatoms. The first-order valence-electron chi connectivity index (χ1n) is 5.97. The normalized spacial score (nSPS) is 12.7. The Morgan fingerprint density at radius 1 is 1.47 bits per heavy atom. The molecule has 0 aromatic carbocycles. The number of hydrogen-bond donors (Lipinski definition) is 1. The molecule has 0 saturated heterocycles. The molecule has 0 amide bonds. The minimum atomic E-state index is 0.00352. The van der Waals surface area contributed by atoms with Gasteiger partial charge in [-0.3, -0.25) is 4.79 Å². The first-order valence-corrected chi connectivity index (χ1v) is 8.10. The summed E-state index contributed by atoms with van der Waals surface area (Å²) >= 11 is 3.92. The van der Waals surface area contributed by atoms with Crippen molar-refractivity contribution in [1.82, 2.24) is 9.97 Å².